The quantitative estimate of drug-likeness (QED) is 0.429. The van der Waals surface area contributed by atoms with Gasteiger partial charge in [0.15, 0.2) is 3.95 Å². The Morgan fingerprint density at radius 3 is 2.80 bits per heavy atom. The number of carboxylic acids is 1. The first-order valence-electron chi connectivity index (χ1n) is 9.98. The summed E-state index contributed by atoms with van der Waals surface area (Å²) >= 11 is 6.62. The van der Waals surface area contributed by atoms with Gasteiger partial charge in [0.2, 0.25) is 5.88 Å². The minimum atomic E-state index is -0.869. The number of hydrogen-bond acceptors (Lipinski definition) is 6. The summed E-state index contributed by atoms with van der Waals surface area (Å²) in [5, 5.41) is 19.3. The molecule has 1 aromatic heterocycles. The predicted molar refractivity (Wildman–Crippen MR) is 118 cm³/mol. The lowest BCUT2D eigenvalue weighted by atomic mass is 9.85. The van der Waals surface area contributed by atoms with Crippen LogP contribution in [0.2, 0.25) is 0 Å². The lowest BCUT2D eigenvalue weighted by molar-refractivity contribution is -0.150. The highest BCUT2D eigenvalue weighted by Gasteiger charge is 2.25. The van der Waals surface area contributed by atoms with E-state index in [2.05, 4.69) is 0 Å². The third kappa shape index (κ3) is 6.03. The standard InChI is InChI=1S/C22H25NO5S2/c24-19(25)10-5-11-23-20(26)18(30-22(23)29)13-16-8-4-9-17(12-16)21(27)28-14-15-6-2-1-3-7-15/h1-3,6-7,13,17,26H,4-5,8-12,14H2,(H,24,25). The van der Waals surface area contributed by atoms with Crippen LogP contribution in [0, 0.1) is 9.87 Å². The van der Waals surface area contributed by atoms with Crippen LogP contribution in [0.15, 0.2) is 35.9 Å². The minimum Gasteiger partial charge on any atom is -0.493 e. The molecule has 0 spiro atoms. The molecule has 160 valence electrons. The number of aromatic nitrogens is 1. The van der Waals surface area contributed by atoms with Crippen molar-refractivity contribution in [1.82, 2.24) is 4.57 Å². The fourth-order valence-electron chi connectivity index (χ4n) is 3.55. The number of thiazole rings is 1. The topological polar surface area (TPSA) is 88.8 Å². The van der Waals surface area contributed by atoms with E-state index in [1.165, 1.54) is 11.3 Å². The van der Waals surface area contributed by atoms with Crippen LogP contribution >= 0.6 is 23.6 Å². The zero-order valence-corrected chi connectivity index (χ0v) is 18.2. The van der Waals surface area contributed by atoms with Gasteiger partial charge >= 0.3 is 11.9 Å². The van der Waals surface area contributed by atoms with E-state index in [1.54, 1.807) is 4.57 Å². The molecule has 2 N–H and O–H groups in total. The van der Waals surface area contributed by atoms with Crippen molar-refractivity contribution in [2.24, 2.45) is 5.92 Å². The van der Waals surface area contributed by atoms with Gasteiger partial charge < -0.3 is 14.9 Å². The molecule has 30 heavy (non-hydrogen) atoms. The molecular formula is C22H25NO5S2. The normalized spacial score (nSPS) is 17.7. The lowest BCUT2D eigenvalue weighted by Gasteiger charge is -2.22. The van der Waals surface area contributed by atoms with Crippen LogP contribution in [0.1, 0.15) is 49.0 Å². The van der Waals surface area contributed by atoms with Crippen LogP contribution in [0.3, 0.4) is 0 Å². The molecule has 1 fully saturated rings. The molecule has 0 aliphatic heterocycles. The summed E-state index contributed by atoms with van der Waals surface area (Å²) in [7, 11) is 0. The summed E-state index contributed by atoms with van der Waals surface area (Å²) in [5.41, 5.74) is 2.05. The number of hydrogen-bond donors (Lipinski definition) is 2. The number of carbonyl (C=O) groups is 2. The largest absolute Gasteiger partial charge is 0.493 e. The Labute approximate surface area is 184 Å². The second-order valence-electron chi connectivity index (χ2n) is 7.39. The van der Waals surface area contributed by atoms with E-state index < -0.39 is 5.97 Å². The molecule has 2 aromatic rings. The van der Waals surface area contributed by atoms with Crippen molar-refractivity contribution in [1.29, 1.82) is 0 Å². The van der Waals surface area contributed by atoms with Crippen molar-refractivity contribution in [3.8, 4) is 5.88 Å². The van der Waals surface area contributed by atoms with Crippen LogP contribution in [0.5, 0.6) is 5.88 Å². The van der Waals surface area contributed by atoms with Crippen LogP contribution in [0.4, 0.5) is 0 Å². The number of carboxylic acid groups (broad SMARTS) is 1. The van der Waals surface area contributed by atoms with Gasteiger partial charge in [0, 0.05) is 13.0 Å². The van der Waals surface area contributed by atoms with Gasteiger partial charge in [-0.25, -0.2) is 0 Å². The van der Waals surface area contributed by atoms with E-state index >= 15 is 0 Å². The number of ether oxygens (including phenoxy) is 1. The summed E-state index contributed by atoms with van der Waals surface area (Å²) in [6, 6.07) is 9.61. The van der Waals surface area contributed by atoms with Crippen molar-refractivity contribution in [2.45, 2.75) is 51.7 Å². The van der Waals surface area contributed by atoms with Crippen LogP contribution in [-0.4, -0.2) is 26.7 Å². The molecule has 1 heterocycles. The Balaban J connectivity index is 1.62. The summed E-state index contributed by atoms with van der Waals surface area (Å²) in [6.45, 7) is 0.641. The highest BCUT2D eigenvalue weighted by atomic mass is 32.1. The highest BCUT2D eigenvalue weighted by Crippen LogP contribution is 2.35. The molecule has 0 radical (unpaired) electrons. The van der Waals surface area contributed by atoms with E-state index in [0.29, 0.717) is 28.2 Å². The Morgan fingerprint density at radius 2 is 2.07 bits per heavy atom. The molecule has 1 aromatic carbocycles. The van der Waals surface area contributed by atoms with Crippen LogP contribution in [0.25, 0.3) is 6.08 Å². The van der Waals surface area contributed by atoms with Gasteiger partial charge in [-0.2, -0.15) is 0 Å². The number of aliphatic carboxylic acids is 1. The third-order valence-corrected chi connectivity index (χ3v) is 6.50. The fourth-order valence-corrected chi connectivity index (χ4v) is 4.90. The van der Waals surface area contributed by atoms with Gasteiger partial charge in [0.25, 0.3) is 0 Å². The molecule has 8 heteroatoms. The van der Waals surface area contributed by atoms with Gasteiger partial charge in [-0.1, -0.05) is 35.9 Å². The zero-order valence-electron chi connectivity index (χ0n) is 16.6. The SMILES string of the molecule is O=C(O)CCCn1c(O)c(C=C2CCCC(C(=O)OCc3ccccc3)C2)sc1=S. The molecular weight excluding hydrogens is 422 g/mol. The lowest BCUT2D eigenvalue weighted by Crippen LogP contribution is -2.21. The van der Waals surface area contributed by atoms with Gasteiger partial charge in [0.05, 0.1) is 10.8 Å². The molecule has 3 rings (SSSR count). The minimum absolute atomic E-state index is 0.0280. The predicted octanol–water partition coefficient (Wildman–Crippen LogP) is 5.17. The molecule has 0 amide bonds. The second-order valence-corrected chi connectivity index (χ2v) is 9.07. The summed E-state index contributed by atoms with van der Waals surface area (Å²) < 4.78 is 7.58. The molecule has 1 aliphatic carbocycles. The molecule has 1 aliphatic rings. The zero-order chi connectivity index (χ0) is 21.5. The molecule has 0 bridgehead atoms. The maximum Gasteiger partial charge on any atom is 0.309 e. The maximum absolute atomic E-state index is 12.5. The Kier molecular flexibility index (Phi) is 7.81. The van der Waals surface area contributed by atoms with Crippen molar-refractivity contribution < 1.29 is 24.5 Å². The molecule has 1 atom stereocenters. The number of allylic oxidation sites excluding steroid dienone is 1. The van der Waals surface area contributed by atoms with E-state index in [-0.39, 0.29) is 30.8 Å². The Morgan fingerprint density at radius 1 is 1.30 bits per heavy atom. The number of nitrogens with zero attached hydrogens (tertiary/aromatic N) is 1. The van der Waals surface area contributed by atoms with Gasteiger partial charge in [0.1, 0.15) is 6.61 Å². The van der Waals surface area contributed by atoms with Crippen molar-refractivity contribution in [2.75, 3.05) is 0 Å². The van der Waals surface area contributed by atoms with E-state index in [1.807, 2.05) is 36.4 Å². The number of aromatic hydroxyl groups is 1. The number of benzene rings is 1. The van der Waals surface area contributed by atoms with Gasteiger partial charge in [-0.15, -0.1) is 11.3 Å². The van der Waals surface area contributed by atoms with Crippen molar-refractivity contribution >= 4 is 41.6 Å². The van der Waals surface area contributed by atoms with Crippen molar-refractivity contribution in [3.05, 3.63) is 50.3 Å². The Hall–Kier alpha value is -2.45. The van der Waals surface area contributed by atoms with E-state index in [4.69, 9.17) is 22.1 Å². The average Bonchev–Trinajstić information content (AvgIpc) is 3.00. The van der Waals surface area contributed by atoms with Gasteiger partial charge in [-0.05, 0) is 56.0 Å². The van der Waals surface area contributed by atoms with Crippen molar-refractivity contribution in [3.63, 3.8) is 0 Å². The number of carbonyl (C=O) groups excluding carboxylic acids is 1. The summed E-state index contributed by atoms with van der Waals surface area (Å²) in [5.74, 6) is -1.17. The first-order chi connectivity index (χ1) is 14.4. The first-order valence-corrected chi connectivity index (χ1v) is 11.2. The fraction of sp³-hybridized carbons (Fsp3) is 0.409. The molecule has 1 saturated carbocycles. The molecule has 6 nitrogen and oxygen atoms in total. The Bertz CT molecular complexity index is 977. The summed E-state index contributed by atoms with van der Waals surface area (Å²) in [4.78, 5) is 23.9. The van der Waals surface area contributed by atoms with Crippen LogP contribution in [-0.2, 0) is 27.5 Å². The third-order valence-electron chi connectivity index (χ3n) is 5.12. The highest BCUT2D eigenvalue weighted by molar-refractivity contribution is 7.73. The smallest absolute Gasteiger partial charge is 0.309 e. The monoisotopic (exact) mass is 447 g/mol. The van der Waals surface area contributed by atoms with Gasteiger partial charge in [-0.3, -0.25) is 14.2 Å². The number of rotatable bonds is 8. The maximum atomic E-state index is 12.5. The van der Waals surface area contributed by atoms with E-state index in [9.17, 15) is 14.7 Å². The second kappa shape index (κ2) is 10.5. The molecule has 1 unspecified atom stereocenters. The summed E-state index contributed by atoms with van der Waals surface area (Å²) in [6.07, 6.45) is 5.51. The molecule has 0 saturated heterocycles. The first kappa shape index (κ1) is 22.2. The van der Waals surface area contributed by atoms with Crippen LogP contribution < -0.4 is 0 Å². The average molecular weight is 448 g/mol. The van der Waals surface area contributed by atoms with E-state index in [0.717, 1.165) is 30.4 Å². The number of esters is 1.